The number of aromatic nitrogens is 2. The summed E-state index contributed by atoms with van der Waals surface area (Å²) >= 11 is 0. The Morgan fingerprint density at radius 2 is 2.12 bits per heavy atom. The third-order valence-corrected chi connectivity index (χ3v) is 2.43. The van der Waals surface area contributed by atoms with Gasteiger partial charge in [-0.1, -0.05) is 6.92 Å². The van der Waals surface area contributed by atoms with Crippen molar-refractivity contribution in [3.8, 4) is 5.88 Å². The predicted octanol–water partition coefficient (Wildman–Crippen LogP) is 1.99. The van der Waals surface area contributed by atoms with Crippen LogP contribution in [-0.2, 0) is 11.3 Å². The lowest BCUT2D eigenvalue weighted by molar-refractivity contribution is 0.0609. The number of ether oxygens (including phenoxy) is 2. The summed E-state index contributed by atoms with van der Waals surface area (Å²) < 4.78 is 12.9. The Morgan fingerprint density at radius 1 is 1.41 bits per heavy atom. The molecule has 1 atom stereocenters. The van der Waals surface area contributed by atoms with E-state index in [9.17, 15) is 0 Å². The summed E-state index contributed by atoms with van der Waals surface area (Å²) in [6.07, 6.45) is 0.973. The molecule has 98 valence electrons. The first-order valence-corrected chi connectivity index (χ1v) is 6.17. The number of rotatable bonds is 7. The van der Waals surface area contributed by atoms with Crippen molar-refractivity contribution in [3.63, 3.8) is 0 Å². The molecule has 0 aromatic carbocycles. The zero-order valence-electron chi connectivity index (χ0n) is 11.2. The Labute approximate surface area is 103 Å². The number of aryl methyl sites for hydroxylation is 2. The molecule has 5 heteroatoms. The largest absolute Gasteiger partial charge is 0.471 e. The average Bonchev–Trinajstić information content (AvgIpc) is 2.55. The molecule has 17 heavy (non-hydrogen) atoms. The van der Waals surface area contributed by atoms with Crippen LogP contribution in [0.1, 0.15) is 32.9 Å². The molecule has 2 N–H and O–H groups in total. The smallest absolute Gasteiger partial charge is 0.236 e. The van der Waals surface area contributed by atoms with Crippen molar-refractivity contribution in [2.75, 3.05) is 18.9 Å². The molecular weight excluding hydrogens is 218 g/mol. The van der Waals surface area contributed by atoms with E-state index in [0.29, 0.717) is 24.8 Å². The normalized spacial score (nSPS) is 12.7. The third kappa shape index (κ3) is 3.63. The first kappa shape index (κ1) is 13.8. The van der Waals surface area contributed by atoms with Gasteiger partial charge in [0.05, 0.1) is 12.3 Å². The molecular formula is C12H23N3O2. The number of hydrogen-bond donors (Lipinski definition) is 1. The Kier molecular flexibility index (Phi) is 5.28. The summed E-state index contributed by atoms with van der Waals surface area (Å²) in [4.78, 5) is 0. The first-order chi connectivity index (χ1) is 8.10. The monoisotopic (exact) mass is 241 g/mol. The summed E-state index contributed by atoms with van der Waals surface area (Å²) in [5.41, 5.74) is 7.40. The second kappa shape index (κ2) is 6.49. The fourth-order valence-electron chi connectivity index (χ4n) is 1.57. The first-order valence-electron chi connectivity index (χ1n) is 6.17. The van der Waals surface area contributed by atoms with E-state index in [1.165, 1.54) is 0 Å². The summed E-state index contributed by atoms with van der Waals surface area (Å²) in [7, 11) is 0. The molecule has 0 spiro atoms. The number of anilines is 1. The van der Waals surface area contributed by atoms with Gasteiger partial charge in [-0.15, -0.1) is 0 Å². The van der Waals surface area contributed by atoms with E-state index in [1.54, 1.807) is 0 Å². The van der Waals surface area contributed by atoms with Gasteiger partial charge >= 0.3 is 0 Å². The van der Waals surface area contributed by atoms with Gasteiger partial charge in [0.1, 0.15) is 11.8 Å². The van der Waals surface area contributed by atoms with Crippen LogP contribution < -0.4 is 10.5 Å². The quantitative estimate of drug-likeness (QED) is 0.793. The molecule has 0 saturated carbocycles. The Balaban J connectivity index is 2.74. The van der Waals surface area contributed by atoms with E-state index in [1.807, 2.05) is 25.5 Å². The van der Waals surface area contributed by atoms with Gasteiger partial charge in [-0.05, 0) is 27.2 Å². The molecule has 0 aliphatic rings. The number of nitrogens with zero attached hydrogens (tertiary/aromatic N) is 2. The number of nitrogens with two attached hydrogens (primary N) is 1. The summed E-state index contributed by atoms with van der Waals surface area (Å²) in [6.45, 7) is 9.99. The van der Waals surface area contributed by atoms with E-state index in [2.05, 4.69) is 12.0 Å². The van der Waals surface area contributed by atoms with Crippen LogP contribution in [0.2, 0.25) is 0 Å². The van der Waals surface area contributed by atoms with Gasteiger partial charge < -0.3 is 15.2 Å². The Bertz CT molecular complexity index is 350. The molecule has 0 aliphatic carbocycles. The molecule has 1 heterocycles. The number of nitrogen functional groups attached to an aromatic ring is 1. The van der Waals surface area contributed by atoms with Gasteiger partial charge in [-0.3, -0.25) is 0 Å². The maximum Gasteiger partial charge on any atom is 0.236 e. The lowest BCUT2D eigenvalue weighted by atomic mass is 10.4. The maximum absolute atomic E-state index is 5.96. The second-order valence-electron chi connectivity index (χ2n) is 4.12. The molecule has 0 saturated heterocycles. The van der Waals surface area contributed by atoms with Crippen LogP contribution >= 0.6 is 0 Å². The summed E-state index contributed by atoms with van der Waals surface area (Å²) in [6, 6.07) is 0. The fourth-order valence-corrected chi connectivity index (χ4v) is 1.57. The maximum atomic E-state index is 5.96. The lowest BCUT2D eigenvalue weighted by Gasteiger charge is -2.15. The van der Waals surface area contributed by atoms with Crippen LogP contribution in [0, 0.1) is 6.92 Å². The van der Waals surface area contributed by atoms with Crippen molar-refractivity contribution in [1.82, 2.24) is 9.78 Å². The van der Waals surface area contributed by atoms with Crippen LogP contribution in [-0.4, -0.2) is 29.1 Å². The van der Waals surface area contributed by atoms with Gasteiger partial charge in [0.15, 0.2) is 0 Å². The van der Waals surface area contributed by atoms with E-state index >= 15 is 0 Å². The molecule has 0 bridgehead atoms. The zero-order chi connectivity index (χ0) is 12.8. The highest BCUT2D eigenvalue weighted by molar-refractivity contribution is 5.52. The van der Waals surface area contributed by atoms with Crippen molar-refractivity contribution < 1.29 is 9.47 Å². The van der Waals surface area contributed by atoms with Gasteiger partial charge in [0.25, 0.3) is 0 Å². The topological polar surface area (TPSA) is 62.3 Å². The zero-order valence-corrected chi connectivity index (χ0v) is 11.2. The van der Waals surface area contributed by atoms with E-state index < -0.39 is 0 Å². The molecule has 0 amide bonds. The third-order valence-electron chi connectivity index (χ3n) is 2.43. The molecule has 0 aliphatic heterocycles. The summed E-state index contributed by atoms with van der Waals surface area (Å²) in [5, 5.41) is 4.36. The fraction of sp³-hybridized carbons (Fsp3) is 0.750. The van der Waals surface area contributed by atoms with Crippen molar-refractivity contribution in [3.05, 3.63) is 5.69 Å². The average molecular weight is 241 g/mol. The predicted molar refractivity (Wildman–Crippen MR) is 68.3 cm³/mol. The van der Waals surface area contributed by atoms with Crippen molar-refractivity contribution in [2.24, 2.45) is 0 Å². The van der Waals surface area contributed by atoms with Gasteiger partial charge in [0, 0.05) is 13.2 Å². The second-order valence-corrected chi connectivity index (χ2v) is 4.12. The summed E-state index contributed by atoms with van der Waals surface area (Å²) in [5.74, 6) is 0.663. The van der Waals surface area contributed by atoms with Gasteiger partial charge in [-0.2, -0.15) is 5.10 Å². The van der Waals surface area contributed by atoms with Crippen LogP contribution in [0.25, 0.3) is 0 Å². The molecule has 1 unspecified atom stereocenters. The SMILES string of the molecule is CCCn1nc(C)c(N)c1OC(C)COCC. The van der Waals surface area contributed by atoms with Crippen molar-refractivity contribution >= 4 is 5.69 Å². The Hall–Kier alpha value is -1.23. The van der Waals surface area contributed by atoms with Crippen LogP contribution in [0.4, 0.5) is 5.69 Å². The van der Waals surface area contributed by atoms with Gasteiger partial charge in [0.2, 0.25) is 5.88 Å². The van der Waals surface area contributed by atoms with E-state index in [0.717, 1.165) is 18.7 Å². The highest BCUT2D eigenvalue weighted by Gasteiger charge is 2.16. The van der Waals surface area contributed by atoms with Crippen LogP contribution in [0.3, 0.4) is 0 Å². The van der Waals surface area contributed by atoms with E-state index in [-0.39, 0.29) is 6.10 Å². The molecule has 0 radical (unpaired) electrons. The minimum absolute atomic E-state index is 0.0241. The van der Waals surface area contributed by atoms with Crippen LogP contribution in [0.15, 0.2) is 0 Å². The number of hydrogen-bond acceptors (Lipinski definition) is 4. The van der Waals surface area contributed by atoms with Gasteiger partial charge in [-0.25, -0.2) is 4.68 Å². The minimum atomic E-state index is -0.0241. The molecule has 1 aromatic rings. The van der Waals surface area contributed by atoms with Crippen molar-refractivity contribution in [1.29, 1.82) is 0 Å². The highest BCUT2D eigenvalue weighted by Crippen LogP contribution is 2.26. The minimum Gasteiger partial charge on any atom is -0.471 e. The standard InChI is InChI=1S/C12H23N3O2/c1-5-7-15-12(11(13)10(4)14-15)17-9(3)8-16-6-2/h9H,5-8,13H2,1-4H3. The molecule has 1 rings (SSSR count). The van der Waals surface area contributed by atoms with E-state index in [4.69, 9.17) is 15.2 Å². The molecule has 5 nitrogen and oxygen atoms in total. The van der Waals surface area contributed by atoms with Crippen molar-refractivity contribution in [2.45, 2.75) is 46.8 Å². The molecule has 1 aromatic heterocycles. The van der Waals surface area contributed by atoms with Crippen LogP contribution in [0.5, 0.6) is 5.88 Å². The lowest BCUT2D eigenvalue weighted by Crippen LogP contribution is -2.21. The Morgan fingerprint density at radius 3 is 2.71 bits per heavy atom. The molecule has 0 fully saturated rings. The highest BCUT2D eigenvalue weighted by atomic mass is 16.5.